The fraction of sp³-hybridized carbons (Fsp3) is 0.667. The van der Waals surface area contributed by atoms with E-state index in [9.17, 15) is 9.00 Å². The molecular weight excluding hydrogens is 392 g/mol. The van der Waals surface area contributed by atoms with Gasteiger partial charge < -0.3 is 13.9 Å². The van der Waals surface area contributed by atoms with Crippen molar-refractivity contribution in [3.8, 4) is 0 Å². The molecule has 0 radical (unpaired) electrons. The monoisotopic (exact) mass is 422 g/mol. The number of hydrogen-bond donors (Lipinski definition) is 0. The molecule has 5 atom stereocenters. The second-order valence-electron chi connectivity index (χ2n) is 9.41. The van der Waals surface area contributed by atoms with Crippen molar-refractivity contribution >= 4 is 24.9 Å². The normalized spacial score (nSPS) is 35.9. The lowest BCUT2D eigenvalue weighted by atomic mass is 9.63. The van der Waals surface area contributed by atoms with Crippen LogP contribution < -0.4 is 0 Å². The molecule has 3 aliphatic rings. The molecule has 1 aromatic carbocycles. The van der Waals surface area contributed by atoms with Gasteiger partial charge in [0.15, 0.2) is 19.9 Å². The highest BCUT2D eigenvalue weighted by Crippen LogP contribution is 2.54. The molecule has 1 spiro atoms. The highest BCUT2D eigenvalue weighted by atomic mass is 32.2. The van der Waals surface area contributed by atoms with Crippen molar-refractivity contribution < 1.29 is 22.9 Å². The number of hydrogen-bond acceptors (Lipinski definition) is 5. The van der Waals surface area contributed by atoms with Gasteiger partial charge >= 0.3 is 0 Å². The van der Waals surface area contributed by atoms with Gasteiger partial charge in [0.05, 0.1) is 30.1 Å². The van der Waals surface area contributed by atoms with Crippen LogP contribution in [0.5, 0.6) is 0 Å². The summed E-state index contributed by atoms with van der Waals surface area (Å²) in [7, 11) is -3.31. The molecule has 154 valence electrons. The summed E-state index contributed by atoms with van der Waals surface area (Å²) in [6.07, 6.45) is 1.23. The first-order valence-electron chi connectivity index (χ1n) is 10.1. The number of carbonyl (C=O) groups excluding carboxylic acids is 1. The van der Waals surface area contributed by atoms with Crippen LogP contribution in [-0.2, 0) is 29.5 Å². The highest BCUT2D eigenvalue weighted by molar-refractivity contribution is 7.87. The zero-order valence-electron chi connectivity index (χ0n) is 17.1. The molecule has 1 unspecified atom stereocenters. The third-order valence-electron chi connectivity index (χ3n) is 6.10. The first-order valence-corrected chi connectivity index (χ1v) is 14.7. The molecule has 2 aliphatic carbocycles. The number of benzene rings is 1. The molecule has 5 nitrogen and oxygen atoms in total. The molecule has 0 aromatic heterocycles. The van der Waals surface area contributed by atoms with Crippen LogP contribution >= 0.6 is 0 Å². The number of Topliss-reactive ketones (excluding diaryl/α,β-unsaturated/α-hetero) is 1. The summed E-state index contributed by atoms with van der Waals surface area (Å²) in [6.45, 7) is 9.61. The van der Waals surface area contributed by atoms with E-state index in [4.69, 9.17) is 13.9 Å². The molecule has 0 N–H and O–H groups in total. The number of carbonyl (C=O) groups is 1. The Morgan fingerprint density at radius 1 is 1.11 bits per heavy atom. The van der Waals surface area contributed by atoms with Gasteiger partial charge in [-0.25, -0.2) is 0 Å². The van der Waals surface area contributed by atoms with Gasteiger partial charge in [-0.05, 0) is 44.1 Å². The van der Waals surface area contributed by atoms with Gasteiger partial charge in [0, 0.05) is 23.7 Å². The van der Waals surface area contributed by atoms with Crippen molar-refractivity contribution in [2.45, 2.75) is 67.4 Å². The molecule has 2 bridgehead atoms. The second kappa shape index (κ2) is 7.13. The molecule has 28 heavy (non-hydrogen) atoms. The molecule has 0 amide bonds. The van der Waals surface area contributed by atoms with Crippen LogP contribution in [0.3, 0.4) is 0 Å². The summed E-state index contributed by atoms with van der Waals surface area (Å²) < 4.78 is 31.4. The van der Waals surface area contributed by atoms with Gasteiger partial charge in [0.25, 0.3) is 0 Å². The average Bonchev–Trinajstić information content (AvgIpc) is 3.08. The summed E-state index contributed by atoms with van der Waals surface area (Å²) in [5.74, 6) is -0.930. The number of ether oxygens (including phenoxy) is 2. The topological polar surface area (TPSA) is 61.8 Å². The first-order chi connectivity index (χ1) is 13.2. The lowest BCUT2D eigenvalue weighted by molar-refractivity contribution is -0.210. The van der Waals surface area contributed by atoms with E-state index in [2.05, 4.69) is 26.6 Å². The first kappa shape index (κ1) is 20.4. The van der Waals surface area contributed by atoms with Crippen LogP contribution in [0.1, 0.15) is 26.2 Å². The van der Waals surface area contributed by atoms with Gasteiger partial charge in [-0.3, -0.25) is 9.00 Å². The van der Waals surface area contributed by atoms with Crippen LogP contribution in [0.4, 0.5) is 0 Å². The number of fused-ring (bicyclic) bond motifs is 2. The zero-order valence-corrected chi connectivity index (χ0v) is 18.9. The minimum atomic E-state index is -1.85. The quantitative estimate of drug-likeness (QED) is 0.695. The fourth-order valence-corrected chi connectivity index (χ4v) is 8.32. The van der Waals surface area contributed by atoms with Gasteiger partial charge in [0.1, 0.15) is 4.75 Å². The maximum absolute atomic E-state index is 13.8. The van der Waals surface area contributed by atoms with E-state index < -0.39 is 29.7 Å². The van der Waals surface area contributed by atoms with Gasteiger partial charge in [0.2, 0.25) is 0 Å². The van der Waals surface area contributed by atoms with Crippen molar-refractivity contribution in [3.63, 3.8) is 0 Å². The minimum Gasteiger partial charge on any atom is -0.414 e. The molecule has 4 rings (SSSR count). The summed E-state index contributed by atoms with van der Waals surface area (Å²) in [5, 5.41) is 0. The molecule has 3 fully saturated rings. The fourth-order valence-electron chi connectivity index (χ4n) is 5.16. The Bertz CT molecular complexity index is 771. The Kier molecular flexibility index (Phi) is 5.20. The Morgan fingerprint density at radius 2 is 1.75 bits per heavy atom. The van der Waals surface area contributed by atoms with E-state index in [0.29, 0.717) is 37.4 Å². The van der Waals surface area contributed by atoms with Gasteiger partial charge in [-0.2, -0.15) is 0 Å². The standard InChI is InChI=1S/C21H30O5SSi/c1-15-12-20(27(23)16-8-6-5-7-9-16)14-21(24-10-11-25-21)13-17(19(20)22)18(15)26-28(2,3)4/h5-9,15,17-18H,10-14H2,1-4H3/t15-,17+,18-,20-,27?/m0/s1. The minimum absolute atomic E-state index is 0.0701. The van der Waals surface area contributed by atoms with Crippen molar-refractivity contribution in [2.24, 2.45) is 11.8 Å². The average molecular weight is 423 g/mol. The van der Waals surface area contributed by atoms with E-state index >= 15 is 0 Å². The molecule has 2 saturated carbocycles. The summed E-state index contributed by atoms with van der Waals surface area (Å²) in [6, 6.07) is 9.34. The van der Waals surface area contributed by atoms with Crippen molar-refractivity contribution in [3.05, 3.63) is 30.3 Å². The van der Waals surface area contributed by atoms with Crippen LogP contribution in [0, 0.1) is 11.8 Å². The predicted octanol–water partition coefficient (Wildman–Crippen LogP) is 3.52. The number of ketones is 1. The maximum Gasteiger partial charge on any atom is 0.184 e. The summed E-state index contributed by atoms with van der Waals surface area (Å²) in [4.78, 5) is 14.5. The van der Waals surface area contributed by atoms with Crippen LogP contribution in [-0.4, -0.2) is 48.2 Å². The van der Waals surface area contributed by atoms with Crippen molar-refractivity contribution in [1.82, 2.24) is 0 Å². The molecule has 1 saturated heterocycles. The van der Waals surface area contributed by atoms with Crippen LogP contribution in [0.25, 0.3) is 0 Å². The van der Waals surface area contributed by atoms with E-state index in [-0.39, 0.29) is 23.7 Å². The third kappa shape index (κ3) is 3.45. The lowest BCUT2D eigenvalue weighted by Gasteiger charge is -2.54. The third-order valence-corrected chi connectivity index (χ3v) is 9.00. The van der Waals surface area contributed by atoms with Gasteiger partial charge in [-0.15, -0.1) is 0 Å². The van der Waals surface area contributed by atoms with Crippen molar-refractivity contribution in [1.29, 1.82) is 0 Å². The molecule has 7 heteroatoms. The van der Waals surface area contributed by atoms with Crippen molar-refractivity contribution in [2.75, 3.05) is 13.2 Å². The predicted molar refractivity (Wildman–Crippen MR) is 110 cm³/mol. The zero-order chi connectivity index (χ0) is 20.2. The maximum atomic E-state index is 13.8. The largest absolute Gasteiger partial charge is 0.414 e. The molecule has 1 heterocycles. The van der Waals surface area contributed by atoms with Crippen LogP contribution in [0.2, 0.25) is 19.6 Å². The summed E-state index contributed by atoms with van der Waals surface area (Å²) >= 11 is 0. The Hall–Kier alpha value is -0.863. The Morgan fingerprint density at radius 3 is 2.36 bits per heavy atom. The van der Waals surface area contributed by atoms with E-state index in [1.165, 1.54) is 0 Å². The molecule has 1 aromatic rings. The second-order valence-corrected chi connectivity index (χ2v) is 15.7. The molecule has 1 aliphatic heterocycles. The highest BCUT2D eigenvalue weighted by Gasteiger charge is 2.65. The van der Waals surface area contributed by atoms with E-state index in [1.807, 2.05) is 30.3 Å². The lowest BCUT2D eigenvalue weighted by Crippen LogP contribution is -2.66. The van der Waals surface area contributed by atoms with E-state index in [0.717, 1.165) is 0 Å². The van der Waals surface area contributed by atoms with E-state index in [1.54, 1.807) is 0 Å². The number of rotatable bonds is 4. The Balaban J connectivity index is 1.77. The van der Waals surface area contributed by atoms with Gasteiger partial charge in [-0.1, -0.05) is 25.1 Å². The smallest absolute Gasteiger partial charge is 0.184 e. The molecular formula is C21H30O5SSi. The Labute approximate surface area is 170 Å². The summed E-state index contributed by atoms with van der Waals surface area (Å²) in [5.41, 5.74) is 0. The SMILES string of the molecule is C[C@H]1C[C@]2(S(=O)c3ccccc3)CC3(C[C@@H](C2=O)[C@H]1O[Si](C)(C)C)OCCO3. The van der Waals surface area contributed by atoms with Crippen LogP contribution in [0.15, 0.2) is 35.2 Å².